The summed E-state index contributed by atoms with van der Waals surface area (Å²) in [6.45, 7) is 12.8. The Kier molecular flexibility index (Phi) is 10.5. The van der Waals surface area contributed by atoms with Crippen LogP contribution in [0.4, 0.5) is 11.4 Å². The van der Waals surface area contributed by atoms with Gasteiger partial charge in [-0.1, -0.05) is 87.8 Å². The van der Waals surface area contributed by atoms with E-state index in [0.717, 1.165) is 33.6 Å². The highest BCUT2D eigenvalue weighted by atomic mass is 16.1. The molecule has 4 heteroatoms. The number of hydrogen-bond acceptors (Lipinski definition) is 4. The van der Waals surface area contributed by atoms with Gasteiger partial charge >= 0.3 is 0 Å². The summed E-state index contributed by atoms with van der Waals surface area (Å²) in [5, 5.41) is 7.47. The smallest absolute Gasteiger partial charge is 0.164 e. The molecule has 2 atom stereocenters. The zero-order chi connectivity index (χ0) is 31.4. The largest absolute Gasteiger partial charge is 0.382 e. The van der Waals surface area contributed by atoms with E-state index in [-0.39, 0.29) is 0 Å². The second-order valence-corrected chi connectivity index (χ2v) is 14.2. The quantitative estimate of drug-likeness (QED) is 0.349. The number of anilines is 2. The molecule has 2 unspecified atom stereocenters. The highest BCUT2D eigenvalue weighted by Crippen LogP contribution is 2.40. The number of hydrogen-bond donors (Lipinski definition) is 2. The van der Waals surface area contributed by atoms with E-state index in [1.165, 1.54) is 86.5 Å². The van der Waals surface area contributed by atoms with Crippen molar-refractivity contribution in [2.45, 2.75) is 131 Å². The van der Waals surface area contributed by atoms with Crippen molar-refractivity contribution in [1.82, 2.24) is 0 Å². The van der Waals surface area contributed by atoms with Crippen molar-refractivity contribution in [3.8, 4) is 0 Å². The highest BCUT2D eigenvalue weighted by Gasteiger charge is 2.30. The first-order valence-electron chi connectivity index (χ1n) is 17.4. The van der Waals surface area contributed by atoms with E-state index < -0.39 is 0 Å². The number of allylic oxidation sites excluding steroid dienone is 4. The fourth-order valence-electron chi connectivity index (χ4n) is 7.65. The molecule has 2 fully saturated rings. The van der Waals surface area contributed by atoms with Gasteiger partial charge in [-0.25, -0.2) is 0 Å². The molecule has 4 nitrogen and oxygen atoms in total. The van der Waals surface area contributed by atoms with Crippen LogP contribution in [0.25, 0.3) is 11.1 Å². The number of rotatable bonds is 6. The van der Waals surface area contributed by atoms with Crippen LogP contribution in [0, 0.1) is 25.7 Å². The number of carbonyl (C=O) groups excluding carboxylic acids is 2. The number of nitrogens with one attached hydrogen (secondary N) is 2. The molecule has 0 bridgehead atoms. The Hall–Kier alpha value is -3.14. The Bertz CT molecular complexity index is 1330. The third-order valence-electron chi connectivity index (χ3n) is 10.6. The van der Waals surface area contributed by atoms with Crippen molar-refractivity contribution in [1.29, 1.82) is 0 Å². The lowest BCUT2D eigenvalue weighted by molar-refractivity contribution is -0.114. The van der Waals surface area contributed by atoms with Gasteiger partial charge in [0.15, 0.2) is 11.6 Å². The van der Waals surface area contributed by atoms with Crippen LogP contribution in [0.5, 0.6) is 0 Å². The normalized spacial score (nSPS) is 23.2. The summed E-state index contributed by atoms with van der Waals surface area (Å²) < 4.78 is 0. The summed E-state index contributed by atoms with van der Waals surface area (Å²) in [7, 11) is 0. The van der Waals surface area contributed by atoms with E-state index in [0.29, 0.717) is 48.3 Å². The molecule has 2 aromatic rings. The summed E-state index contributed by atoms with van der Waals surface area (Å²) in [6, 6.07) is 14.1. The Morgan fingerprint density at radius 1 is 0.545 bits per heavy atom. The Morgan fingerprint density at radius 2 is 0.909 bits per heavy atom. The molecule has 0 heterocycles. The fraction of sp³-hybridized carbons (Fsp3) is 0.550. The third-order valence-corrected chi connectivity index (χ3v) is 10.6. The van der Waals surface area contributed by atoms with Crippen molar-refractivity contribution in [2.24, 2.45) is 11.8 Å². The summed E-state index contributed by atoms with van der Waals surface area (Å²) in [4.78, 5) is 24.9. The van der Waals surface area contributed by atoms with Crippen LogP contribution in [0.2, 0.25) is 0 Å². The van der Waals surface area contributed by atoms with Crippen LogP contribution in [0.1, 0.15) is 127 Å². The molecule has 0 radical (unpaired) electrons. The van der Waals surface area contributed by atoms with Gasteiger partial charge in [-0.2, -0.15) is 0 Å². The topological polar surface area (TPSA) is 58.2 Å². The molecule has 2 N–H and O–H groups in total. The SMILES string of the molecule is CC1=C(c2ccc(C)cc2NC2CCCCC2)C(=O)CC1C.CC1=C(c2ccc(C)cc2NC2CCCCC2)C(=O)CC1C. The molecule has 0 spiro atoms. The minimum absolute atomic E-state index is 0.306. The van der Waals surface area contributed by atoms with Crippen LogP contribution >= 0.6 is 0 Å². The van der Waals surface area contributed by atoms with E-state index >= 15 is 0 Å². The number of ketones is 2. The zero-order valence-corrected chi connectivity index (χ0v) is 28.1. The van der Waals surface area contributed by atoms with Crippen molar-refractivity contribution in [3.05, 3.63) is 69.8 Å². The molecular formula is C40H54N2O2. The molecule has 2 aromatic carbocycles. The molecule has 0 saturated heterocycles. The molecule has 6 rings (SSSR count). The average Bonchev–Trinajstić information content (AvgIpc) is 3.41. The van der Waals surface area contributed by atoms with Crippen LogP contribution in [0.15, 0.2) is 47.5 Å². The minimum Gasteiger partial charge on any atom is -0.382 e. The van der Waals surface area contributed by atoms with Crippen molar-refractivity contribution in [3.63, 3.8) is 0 Å². The minimum atomic E-state index is 0.306. The van der Waals surface area contributed by atoms with Gasteiger partial charge in [0.2, 0.25) is 0 Å². The average molecular weight is 595 g/mol. The van der Waals surface area contributed by atoms with Crippen LogP contribution < -0.4 is 10.6 Å². The second-order valence-electron chi connectivity index (χ2n) is 14.2. The molecule has 0 aliphatic heterocycles. The van der Waals surface area contributed by atoms with Gasteiger partial charge in [-0.15, -0.1) is 0 Å². The van der Waals surface area contributed by atoms with Gasteiger partial charge in [-0.05, 0) is 88.5 Å². The van der Waals surface area contributed by atoms with Crippen LogP contribution in [0.3, 0.4) is 0 Å². The van der Waals surface area contributed by atoms with Gasteiger partial charge in [-0.3, -0.25) is 9.59 Å². The molecule has 236 valence electrons. The predicted octanol–water partition coefficient (Wildman–Crippen LogP) is 10.2. The van der Waals surface area contributed by atoms with Gasteiger partial charge in [0.25, 0.3) is 0 Å². The summed E-state index contributed by atoms with van der Waals surface area (Å²) in [5.41, 5.74) is 11.5. The predicted molar refractivity (Wildman–Crippen MR) is 186 cm³/mol. The molecule has 4 aliphatic rings. The Morgan fingerprint density at radius 3 is 1.23 bits per heavy atom. The van der Waals surface area contributed by atoms with Gasteiger partial charge < -0.3 is 10.6 Å². The Labute approximate surface area is 266 Å². The van der Waals surface area contributed by atoms with E-state index in [1.807, 2.05) is 0 Å². The fourth-order valence-corrected chi connectivity index (χ4v) is 7.65. The first-order valence-corrected chi connectivity index (χ1v) is 17.4. The van der Waals surface area contributed by atoms with Crippen LogP contribution in [-0.4, -0.2) is 23.7 Å². The molecular weight excluding hydrogens is 540 g/mol. The van der Waals surface area contributed by atoms with E-state index in [9.17, 15) is 9.59 Å². The molecule has 2 saturated carbocycles. The van der Waals surface area contributed by atoms with Gasteiger partial charge in [0.05, 0.1) is 0 Å². The third kappa shape index (κ3) is 7.38. The van der Waals surface area contributed by atoms with E-state index in [2.05, 4.69) is 88.6 Å². The monoisotopic (exact) mass is 594 g/mol. The summed E-state index contributed by atoms with van der Waals surface area (Å²) >= 11 is 0. The van der Waals surface area contributed by atoms with Crippen molar-refractivity contribution < 1.29 is 9.59 Å². The second kappa shape index (κ2) is 14.3. The first-order chi connectivity index (χ1) is 21.1. The van der Waals surface area contributed by atoms with E-state index in [1.54, 1.807) is 0 Å². The number of aryl methyl sites for hydroxylation is 2. The maximum Gasteiger partial charge on any atom is 0.164 e. The number of Topliss-reactive ketones (excluding diaryl/α,β-unsaturated/α-hetero) is 2. The standard InChI is InChI=1S/2C20H27NO/c2*1-13-9-10-17(20-15(3)14(2)12-19(20)22)18(11-13)21-16-7-5-4-6-8-16/h2*9-11,14,16,21H,4-8,12H2,1-3H3. The number of benzene rings is 2. The number of carbonyl (C=O) groups is 2. The lowest BCUT2D eigenvalue weighted by Gasteiger charge is -2.25. The molecule has 0 aromatic heterocycles. The van der Waals surface area contributed by atoms with Gasteiger partial charge in [0.1, 0.15) is 0 Å². The Balaban J connectivity index is 0.000000175. The van der Waals surface area contributed by atoms with Crippen molar-refractivity contribution in [2.75, 3.05) is 10.6 Å². The molecule has 44 heavy (non-hydrogen) atoms. The maximum absolute atomic E-state index is 12.4. The van der Waals surface area contributed by atoms with Crippen LogP contribution in [-0.2, 0) is 9.59 Å². The lowest BCUT2D eigenvalue weighted by Crippen LogP contribution is -2.23. The summed E-state index contributed by atoms with van der Waals surface area (Å²) in [5.74, 6) is 1.37. The lowest BCUT2D eigenvalue weighted by atomic mass is 9.93. The molecule has 4 aliphatic carbocycles. The molecule has 0 amide bonds. The zero-order valence-electron chi connectivity index (χ0n) is 28.1. The van der Waals surface area contributed by atoms with Crippen molar-refractivity contribution >= 4 is 34.1 Å². The van der Waals surface area contributed by atoms with Gasteiger partial charge in [0, 0.05) is 58.6 Å². The highest BCUT2D eigenvalue weighted by molar-refractivity contribution is 6.26. The first kappa shape index (κ1) is 32.3. The summed E-state index contributed by atoms with van der Waals surface area (Å²) in [6.07, 6.45) is 14.3. The maximum atomic E-state index is 12.4. The van der Waals surface area contributed by atoms with E-state index in [4.69, 9.17) is 0 Å².